The third kappa shape index (κ3) is 2.78. The van der Waals surface area contributed by atoms with E-state index in [9.17, 15) is 4.79 Å². The molecule has 3 nitrogen and oxygen atoms in total. The van der Waals surface area contributed by atoms with E-state index in [1.54, 1.807) is 32.9 Å². The van der Waals surface area contributed by atoms with Gasteiger partial charge in [-0.3, -0.25) is 4.79 Å². The first-order chi connectivity index (χ1) is 8.02. The molecule has 1 atom stereocenters. The molecule has 0 amide bonds. The Morgan fingerprint density at radius 2 is 2.24 bits per heavy atom. The van der Waals surface area contributed by atoms with E-state index in [0.29, 0.717) is 17.2 Å². The SMILES string of the molecule is CCOC(=O)C(C)c1ccc(C#N)c(Cl)c1C. The summed E-state index contributed by atoms with van der Waals surface area (Å²) < 4.78 is 4.96. The standard InChI is InChI=1S/C13H14ClNO2/c1-4-17-13(16)9(3)11-6-5-10(7-15)12(14)8(11)2/h5-6,9H,4H2,1-3H3. The van der Waals surface area contributed by atoms with Crippen LogP contribution in [-0.2, 0) is 9.53 Å². The summed E-state index contributed by atoms with van der Waals surface area (Å²) in [6.07, 6.45) is 0. The van der Waals surface area contributed by atoms with Gasteiger partial charge in [0.25, 0.3) is 0 Å². The van der Waals surface area contributed by atoms with E-state index in [0.717, 1.165) is 11.1 Å². The molecule has 1 aromatic rings. The van der Waals surface area contributed by atoms with Crippen LogP contribution in [-0.4, -0.2) is 12.6 Å². The van der Waals surface area contributed by atoms with Crippen LogP contribution in [0.5, 0.6) is 0 Å². The molecule has 0 radical (unpaired) electrons. The summed E-state index contributed by atoms with van der Waals surface area (Å²) in [5.41, 5.74) is 1.97. The number of halogens is 1. The van der Waals surface area contributed by atoms with Crippen molar-refractivity contribution in [2.45, 2.75) is 26.7 Å². The van der Waals surface area contributed by atoms with Gasteiger partial charge in [-0.1, -0.05) is 17.7 Å². The van der Waals surface area contributed by atoms with E-state index < -0.39 is 0 Å². The summed E-state index contributed by atoms with van der Waals surface area (Å²) in [7, 11) is 0. The molecule has 1 unspecified atom stereocenters. The average molecular weight is 252 g/mol. The van der Waals surface area contributed by atoms with Crippen LogP contribution in [0.25, 0.3) is 0 Å². The minimum atomic E-state index is -0.375. The average Bonchev–Trinajstić information content (AvgIpc) is 2.32. The largest absolute Gasteiger partial charge is 0.466 e. The highest BCUT2D eigenvalue weighted by Crippen LogP contribution is 2.29. The number of carbonyl (C=O) groups excluding carboxylic acids is 1. The maximum atomic E-state index is 11.6. The molecule has 0 heterocycles. The quantitative estimate of drug-likeness (QED) is 0.776. The molecular weight excluding hydrogens is 238 g/mol. The Labute approximate surface area is 106 Å². The Balaban J connectivity index is 3.12. The lowest BCUT2D eigenvalue weighted by molar-refractivity contribution is -0.144. The van der Waals surface area contributed by atoms with Crippen LogP contribution >= 0.6 is 11.6 Å². The molecule has 4 heteroatoms. The summed E-state index contributed by atoms with van der Waals surface area (Å²) in [4.78, 5) is 11.6. The number of rotatable bonds is 3. The fourth-order valence-corrected chi connectivity index (χ4v) is 1.86. The first-order valence-corrected chi connectivity index (χ1v) is 5.76. The molecule has 0 fully saturated rings. The van der Waals surface area contributed by atoms with Gasteiger partial charge in [0.2, 0.25) is 0 Å². The Kier molecular flexibility index (Phi) is 4.53. The van der Waals surface area contributed by atoms with Crippen molar-refractivity contribution in [3.8, 4) is 6.07 Å². The summed E-state index contributed by atoms with van der Waals surface area (Å²) in [5, 5.41) is 9.24. The maximum absolute atomic E-state index is 11.6. The molecule has 0 spiro atoms. The van der Waals surface area contributed by atoms with E-state index in [1.165, 1.54) is 0 Å². The Bertz CT molecular complexity index is 477. The molecule has 0 bridgehead atoms. The minimum absolute atomic E-state index is 0.281. The number of carbonyl (C=O) groups is 1. The third-order valence-corrected chi connectivity index (χ3v) is 3.14. The van der Waals surface area contributed by atoms with E-state index in [4.69, 9.17) is 21.6 Å². The van der Waals surface area contributed by atoms with E-state index in [-0.39, 0.29) is 11.9 Å². The first kappa shape index (κ1) is 13.5. The molecule has 0 aromatic heterocycles. The second-order valence-corrected chi connectivity index (χ2v) is 4.10. The molecule has 0 N–H and O–H groups in total. The second-order valence-electron chi connectivity index (χ2n) is 3.73. The summed E-state index contributed by atoms with van der Waals surface area (Å²) in [5.74, 6) is -0.656. The monoisotopic (exact) mass is 251 g/mol. The lowest BCUT2D eigenvalue weighted by Crippen LogP contribution is -2.14. The zero-order chi connectivity index (χ0) is 13.0. The first-order valence-electron chi connectivity index (χ1n) is 5.38. The van der Waals surface area contributed by atoms with Crippen molar-refractivity contribution in [1.29, 1.82) is 5.26 Å². The summed E-state index contributed by atoms with van der Waals surface area (Å²) in [6, 6.07) is 5.39. The van der Waals surface area contributed by atoms with Gasteiger partial charge in [0.15, 0.2) is 0 Å². The topological polar surface area (TPSA) is 50.1 Å². The van der Waals surface area contributed by atoms with Gasteiger partial charge in [-0.15, -0.1) is 0 Å². The second kappa shape index (κ2) is 5.70. The molecule has 0 saturated heterocycles. The molecular formula is C13H14ClNO2. The van der Waals surface area contributed by atoms with Crippen molar-refractivity contribution in [3.05, 3.63) is 33.8 Å². The van der Waals surface area contributed by atoms with Crippen LogP contribution in [0.2, 0.25) is 5.02 Å². The molecule has 1 aromatic carbocycles. The molecule has 0 aliphatic heterocycles. The van der Waals surface area contributed by atoms with Gasteiger partial charge in [-0.25, -0.2) is 0 Å². The van der Waals surface area contributed by atoms with E-state index in [2.05, 4.69) is 0 Å². The predicted molar refractivity (Wildman–Crippen MR) is 66.0 cm³/mol. The molecule has 90 valence electrons. The smallest absolute Gasteiger partial charge is 0.313 e. The number of ether oxygens (including phenoxy) is 1. The Hall–Kier alpha value is -1.53. The van der Waals surface area contributed by atoms with Gasteiger partial charge in [0, 0.05) is 0 Å². The third-order valence-electron chi connectivity index (χ3n) is 2.66. The highest BCUT2D eigenvalue weighted by Gasteiger charge is 2.20. The van der Waals surface area contributed by atoms with Gasteiger partial charge in [0.1, 0.15) is 6.07 Å². The zero-order valence-electron chi connectivity index (χ0n) is 10.1. The van der Waals surface area contributed by atoms with Gasteiger partial charge >= 0.3 is 5.97 Å². The van der Waals surface area contributed by atoms with Gasteiger partial charge < -0.3 is 4.74 Å². The van der Waals surface area contributed by atoms with Crippen LogP contribution in [0.4, 0.5) is 0 Å². The molecule has 0 aliphatic carbocycles. The molecule has 0 aliphatic rings. The van der Waals surface area contributed by atoms with Crippen molar-refractivity contribution in [3.63, 3.8) is 0 Å². The highest BCUT2D eigenvalue weighted by molar-refractivity contribution is 6.32. The van der Waals surface area contributed by atoms with Crippen LogP contribution in [0.3, 0.4) is 0 Å². The van der Waals surface area contributed by atoms with Crippen LogP contribution in [0, 0.1) is 18.3 Å². The molecule has 17 heavy (non-hydrogen) atoms. The number of benzene rings is 1. The normalized spacial score (nSPS) is 11.7. The maximum Gasteiger partial charge on any atom is 0.313 e. The van der Waals surface area contributed by atoms with Crippen molar-refractivity contribution in [2.75, 3.05) is 6.61 Å². The number of hydrogen-bond donors (Lipinski definition) is 0. The number of nitriles is 1. The molecule has 1 rings (SSSR count). The van der Waals surface area contributed by atoms with Crippen LogP contribution in [0.15, 0.2) is 12.1 Å². The van der Waals surface area contributed by atoms with E-state index in [1.807, 2.05) is 6.07 Å². The fraction of sp³-hybridized carbons (Fsp3) is 0.385. The van der Waals surface area contributed by atoms with Crippen molar-refractivity contribution >= 4 is 17.6 Å². The van der Waals surface area contributed by atoms with Crippen molar-refractivity contribution in [1.82, 2.24) is 0 Å². The van der Waals surface area contributed by atoms with Gasteiger partial charge in [-0.05, 0) is 38.0 Å². The Morgan fingerprint density at radius 3 is 2.76 bits per heavy atom. The minimum Gasteiger partial charge on any atom is -0.466 e. The summed E-state index contributed by atoms with van der Waals surface area (Å²) in [6.45, 7) is 5.69. The number of nitrogens with zero attached hydrogens (tertiary/aromatic N) is 1. The highest BCUT2D eigenvalue weighted by atomic mass is 35.5. The van der Waals surface area contributed by atoms with Crippen LogP contribution in [0.1, 0.15) is 36.5 Å². The fourth-order valence-electron chi connectivity index (χ4n) is 1.65. The lowest BCUT2D eigenvalue weighted by Gasteiger charge is -2.14. The van der Waals surface area contributed by atoms with Crippen molar-refractivity contribution in [2.24, 2.45) is 0 Å². The van der Waals surface area contributed by atoms with Crippen molar-refractivity contribution < 1.29 is 9.53 Å². The zero-order valence-corrected chi connectivity index (χ0v) is 10.8. The number of hydrogen-bond acceptors (Lipinski definition) is 3. The predicted octanol–water partition coefficient (Wildman–Crippen LogP) is 3.19. The van der Waals surface area contributed by atoms with Crippen LogP contribution < -0.4 is 0 Å². The number of esters is 1. The van der Waals surface area contributed by atoms with Gasteiger partial charge in [-0.2, -0.15) is 5.26 Å². The summed E-state index contributed by atoms with van der Waals surface area (Å²) >= 11 is 6.05. The molecule has 0 saturated carbocycles. The Morgan fingerprint density at radius 1 is 1.59 bits per heavy atom. The lowest BCUT2D eigenvalue weighted by atomic mass is 9.95. The van der Waals surface area contributed by atoms with Gasteiger partial charge in [0.05, 0.1) is 23.1 Å². The van der Waals surface area contributed by atoms with E-state index >= 15 is 0 Å².